The summed E-state index contributed by atoms with van der Waals surface area (Å²) in [5.41, 5.74) is 3.15. The van der Waals surface area contributed by atoms with Crippen molar-refractivity contribution in [3.05, 3.63) is 18.0 Å². The molecule has 1 aromatic heterocycles. The van der Waals surface area contributed by atoms with Crippen LogP contribution in [0.25, 0.3) is 0 Å². The minimum Gasteiger partial charge on any atom is -0.480 e. The van der Waals surface area contributed by atoms with E-state index in [2.05, 4.69) is 20.6 Å². The van der Waals surface area contributed by atoms with Crippen LogP contribution < -0.4 is 11.3 Å². The van der Waals surface area contributed by atoms with Crippen LogP contribution in [0, 0.1) is 0 Å². The van der Waals surface area contributed by atoms with Gasteiger partial charge in [0, 0.05) is 18.3 Å². The van der Waals surface area contributed by atoms with Crippen molar-refractivity contribution >= 4 is 11.8 Å². The molecule has 0 aliphatic heterocycles. The van der Waals surface area contributed by atoms with Crippen molar-refractivity contribution in [2.75, 3.05) is 6.54 Å². The number of aromatic amines is 1. The van der Waals surface area contributed by atoms with Crippen molar-refractivity contribution in [1.82, 2.24) is 15.6 Å². The monoisotopic (exact) mass is 197 g/mol. The molecule has 0 aliphatic carbocycles. The quantitative estimate of drug-likeness (QED) is 0.211. The van der Waals surface area contributed by atoms with Crippen LogP contribution in [0.5, 0.6) is 0 Å². The summed E-state index contributed by atoms with van der Waals surface area (Å²) >= 11 is 0. The van der Waals surface area contributed by atoms with Crippen molar-refractivity contribution in [2.24, 2.45) is 10.8 Å². The molecule has 1 heterocycles. The molecule has 0 aromatic carbocycles. The first-order valence-electron chi connectivity index (χ1n) is 3.92. The number of H-pyrrole nitrogens is 1. The summed E-state index contributed by atoms with van der Waals surface area (Å²) in [5.74, 6) is 4.57. The van der Waals surface area contributed by atoms with E-state index in [1.165, 1.54) is 0 Å². The zero-order valence-corrected chi connectivity index (χ0v) is 7.40. The summed E-state index contributed by atoms with van der Waals surface area (Å²) in [6.45, 7) is -0.298. The number of nitrogens with one attached hydrogen (secondary N) is 2. The molecule has 5 N–H and O–H groups in total. The Kier molecular flexibility index (Phi) is 3.62. The van der Waals surface area contributed by atoms with Crippen LogP contribution in [0.3, 0.4) is 0 Å². The second-order valence-corrected chi connectivity index (χ2v) is 2.56. The maximum atomic E-state index is 10.2. The largest absolute Gasteiger partial charge is 0.480 e. The van der Waals surface area contributed by atoms with Gasteiger partial charge in [0.15, 0.2) is 0 Å². The second-order valence-electron chi connectivity index (χ2n) is 2.56. The fraction of sp³-hybridized carbons (Fsp3) is 0.286. The number of aliphatic imine (C=N–C) groups is 1. The van der Waals surface area contributed by atoms with Crippen molar-refractivity contribution < 1.29 is 9.90 Å². The summed E-state index contributed by atoms with van der Waals surface area (Å²) in [4.78, 5) is 14.0. The van der Waals surface area contributed by atoms with Gasteiger partial charge in [0.25, 0.3) is 0 Å². The summed E-state index contributed by atoms with van der Waals surface area (Å²) in [5, 5.41) is 14.8. The third-order valence-electron chi connectivity index (χ3n) is 1.49. The highest BCUT2D eigenvalue weighted by molar-refractivity contribution is 5.85. The van der Waals surface area contributed by atoms with Gasteiger partial charge in [0.2, 0.25) is 0 Å². The van der Waals surface area contributed by atoms with Gasteiger partial charge in [0.1, 0.15) is 12.4 Å². The van der Waals surface area contributed by atoms with Crippen LogP contribution in [0.15, 0.2) is 17.3 Å². The lowest BCUT2D eigenvalue weighted by Gasteiger charge is -2.02. The molecular weight excluding hydrogens is 186 g/mol. The predicted molar refractivity (Wildman–Crippen MR) is 49.6 cm³/mol. The van der Waals surface area contributed by atoms with Gasteiger partial charge >= 0.3 is 5.97 Å². The number of nitrogens with two attached hydrogens (primary N) is 1. The third-order valence-corrected chi connectivity index (χ3v) is 1.49. The number of hydrogen-bond acceptors (Lipinski definition) is 4. The molecule has 1 rings (SSSR count). The highest BCUT2D eigenvalue weighted by Gasteiger charge is 2.01. The van der Waals surface area contributed by atoms with Gasteiger partial charge in [-0.2, -0.15) is 5.10 Å². The van der Waals surface area contributed by atoms with Crippen LogP contribution in [0.4, 0.5) is 0 Å². The normalized spacial score (nSPS) is 11.4. The smallest absolute Gasteiger partial charge is 0.325 e. The molecule has 0 saturated carbocycles. The van der Waals surface area contributed by atoms with Gasteiger partial charge in [0.05, 0.1) is 0 Å². The van der Waals surface area contributed by atoms with Gasteiger partial charge in [-0.05, 0) is 6.07 Å². The highest BCUT2D eigenvalue weighted by Crippen LogP contribution is 1.93. The molecule has 0 atom stereocenters. The Balaban J connectivity index is 2.54. The second kappa shape index (κ2) is 4.97. The number of rotatable bonds is 4. The van der Waals surface area contributed by atoms with E-state index in [0.29, 0.717) is 12.3 Å². The molecule has 0 spiro atoms. The van der Waals surface area contributed by atoms with Gasteiger partial charge in [-0.3, -0.25) is 14.9 Å². The molecular formula is C7H11N5O2. The number of aliphatic carboxylic acids is 1. The van der Waals surface area contributed by atoms with E-state index in [1.807, 2.05) is 0 Å². The van der Waals surface area contributed by atoms with Gasteiger partial charge in [-0.15, -0.1) is 0 Å². The fourth-order valence-electron chi connectivity index (χ4n) is 0.879. The average Bonchev–Trinajstić information content (AvgIpc) is 2.64. The van der Waals surface area contributed by atoms with Crippen LogP contribution in [0.1, 0.15) is 5.69 Å². The minimum atomic E-state index is -0.998. The summed E-state index contributed by atoms with van der Waals surface area (Å²) in [6, 6.07) is 1.76. The molecule has 0 unspecified atom stereocenters. The number of hydrogen-bond donors (Lipinski definition) is 4. The number of carboxylic acids is 1. The maximum absolute atomic E-state index is 10.2. The number of carbonyl (C=O) groups is 1. The van der Waals surface area contributed by atoms with Gasteiger partial charge in [-0.1, -0.05) is 0 Å². The first-order valence-corrected chi connectivity index (χ1v) is 3.92. The van der Waals surface area contributed by atoms with Crippen LogP contribution in [-0.2, 0) is 11.2 Å². The van der Waals surface area contributed by atoms with Gasteiger partial charge < -0.3 is 10.5 Å². The average molecular weight is 197 g/mol. The Hall–Kier alpha value is -1.89. The minimum absolute atomic E-state index is 0.298. The van der Waals surface area contributed by atoms with Crippen LogP contribution >= 0.6 is 0 Å². The van der Waals surface area contributed by atoms with E-state index in [0.717, 1.165) is 5.69 Å². The number of aromatic nitrogens is 2. The first-order chi connectivity index (χ1) is 6.72. The van der Waals surface area contributed by atoms with E-state index < -0.39 is 5.97 Å². The molecule has 76 valence electrons. The third kappa shape index (κ3) is 3.23. The first kappa shape index (κ1) is 10.2. The summed E-state index contributed by atoms with van der Waals surface area (Å²) in [7, 11) is 0. The molecule has 0 aliphatic rings. The molecule has 0 bridgehead atoms. The molecule has 14 heavy (non-hydrogen) atoms. The van der Waals surface area contributed by atoms with E-state index in [1.54, 1.807) is 12.3 Å². The van der Waals surface area contributed by atoms with Crippen molar-refractivity contribution in [1.29, 1.82) is 0 Å². The number of nitrogens with zero attached hydrogens (tertiary/aromatic N) is 2. The van der Waals surface area contributed by atoms with Crippen molar-refractivity contribution in [3.63, 3.8) is 0 Å². The van der Waals surface area contributed by atoms with Gasteiger partial charge in [-0.25, -0.2) is 5.84 Å². The Labute approximate surface area is 80.0 Å². The SMILES string of the molecule is NNC(Cc1ccn[nH]1)=NCC(=O)O. The Bertz CT molecular complexity index is 319. The highest BCUT2D eigenvalue weighted by atomic mass is 16.4. The zero-order chi connectivity index (χ0) is 10.4. The maximum Gasteiger partial charge on any atom is 0.325 e. The summed E-state index contributed by atoms with van der Waals surface area (Å²) in [6.07, 6.45) is 2.00. The lowest BCUT2D eigenvalue weighted by molar-refractivity contribution is -0.135. The number of amidine groups is 1. The molecule has 0 saturated heterocycles. The van der Waals surface area contributed by atoms with E-state index in [4.69, 9.17) is 10.9 Å². The Morgan fingerprint density at radius 3 is 3.07 bits per heavy atom. The molecule has 0 amide bonds. The van der Waals surface area contributed by atoms with E-state index in [-0.39, 0.29) is 6.54 Å². The standard InChI is InChI=1S/C7H11N5O2/c8-11-6(9-4-7(13)14)3-5-1-2-10-12-5/h1-2H,3-4,8H2,(H,9,11)(H,10,12)(H,13,14). The lowest BCUT2D eigenvalue weighted by atomic mass is 10.3. The van der Waals surface area contributed by atoms with E-state index >= 15 is 0 Å². The molecule has 0 radical (unpaired) electrons. The lowest BCUT2D eigenvalue weighted by Crippen LogP contribution is -2.32. The van der Waals surface area contributed by atoms with Crippen LogP contribution in [0.2, 0.25) is 0 Å². The van der Waals surface area contributed by atoms with Crippen molar-refractivity contribution in [2.45, 2.75) is 6.42 Å². The Morgan fingerprint density at radius 1 is 1.79 bits per heavy atom. The van der Waals surface area contributed by atoms with E-state index in [9.17, 15) is 4.79 Å². The molecule has 7 heteroatoms. The predicted octanol–water partition coefficient (Wildman–Crippen LogP) is -1.10. The number of carboxylic acid groups (broad SMARTS) is 1. The van der Waals surface area contributed by atoms with Crippen LogP contribution in [-0.4, -0.2) is 33.7 Å². The summed E-state index contributed by atoms with van der Waals surface area (Å²) < 4.78 is 0. The van der Waals surface area contributed by atoms with Crippen molar-refractivity contribution in [3.8, 4) is 0 Å². The molecule has 7 nitrogen and oxygen atoms in total. The topological polar surface area (TPSA) is 116 Å². The number of hydrazine groups is 1. The zero-order valence-electron chi connectivity index (χ0n) is 7.40. The fourth-order valence-corrected chi connectivity index (χ4v) is 0.879. The molecule has 0 fully saturated rings. The Morgan fingerprint density at radius 2 is 2.57 bits per heavy atom. The molecule has 1 aromatic rings.